The van der Waals surface area contributed by atoms with Gasteiger partial charge in [0.05, 0.1) is 0 Å². The van der Waals surface area contributed by atoms with Gasteiger partial charge in [-0.2, -0.15) is 11.3 Å². The first-order valence-electron chi connectivity index (χ1n) is 7.82. The summed E-state index contributed by atoms with van der Waals surface area (Å²) in [4.78, 5) is 2.47. The fourth-order valence-electron chi connectivity index (χ4n) is 2.57. The predicted molar refractivity (Wildman–Crippen MR) is 98.5 cm³/mol. The third-order valence-corrected chi connectivity index (χ3v) is 5.65. The molecule has 2 rings (SSSR count). The lowest BCUT2D eigenvalue weighted by Crippen LogP contribution is -2.23. The van der Waals surface area contributed by atoms with Crippen LogP contribution in [-0.2, 0) is 6.42 Å². The van der Waals surface area contributed by atoms with Crippen LogP contribution in [0.2, 0.25) is 0 Å². The highest BCUT2D eigenvalue weighted by atomic mass is 79.9. The summed E-state index contributed by atoms with van der Waals surface area (Å²) in [6.45, 7) is 4.50. The molecule has 0 aliphatic heterocycles. The normalized spacial score (nSPS) is 10.8. The minimum atomic E-state index is 1.09. The van der Waals surface area contributed by atoms with E-state index in [1.807, 2.05) is 0 Å². The van der Waals surface area contributed by atoms with Gasteiger partial charge in [0, 0.05) is 28.6 Å². The zero-order valence-corrected chi connectivity index (χ0v) is 15.1. The van der Waals surface area contributed by atoms with Gasteiger partial charge in [-0.15, -0.1) is 0 Å². The Balaban J connectivity index is 1.62. The van der Waals surface area contributed by atoms with Crippen molar-refractivity contribution in [2.45, 2.75) is 39.0 Å². The molecule has 0 aliphatic carbocycles. The van der Waals surface area contributed by atoms with E-state index in [1.54, 1.807) is 11.3 Å². The van der Waals surface area contributed by atoms with Crippen molar-refractivity contribution in [3.63, 3.8) is 0 Å². The molecule has 2 aromatic rings. The summed E-state index contributed by atoms with van der Waals surface area (Å²) >= 11 is 5.39. The molecule has 0 bridgehead atoms. The van der Waals surface area contributed by atoms with Crippen LogP contribution in [0.4, 0.5) is 5.69 Å². The number of unbranched alkanes of at least 4 members (excludes halogenated alkanes) is 3. The van der Waals surface area contributed by atoms with Gasteiger partial charge in [-0.1, -0.05) is 31.0 Å². The van der Waals surface area contributed by atoms with Crippen molar-refractivity contribution in [1.82, 2.24) is 0 Å². The Morgan fingerprint density at radius 3 is 2.43 bits per heavy atom. The molecule has 0 atom stereocenters. The number of aryl methyl sites for hydroxylation is 1. The molecule has 114 valence electrons. The zero-order chi connectivity index (χ0) is 14.9. The molecule has 1 nitrogen and oxygen atoms in total. The quantitative estimate of drug-likeness (QED) is 0.482. The van der Waals surface area contributed by atoms with Gasteiger partial charge in [0.1, 0.15) is 0 Å². The Hall–Kier alpha value is -0.800. The summed E-state index contributed by atoms with van der Waals surface area (Å²) in [6.07, 6.45) is 6.44. The van der Waals surface area contributed by atoms with Crippen molar-refractivity contribution in [2.75, 3.05) is 18.0 Å². The van der Waals surface area contributed by atoms with Crippen molar-refractivity contribution < 1.29 is 0 Å². The van der Waals surface area contributed by atoms with E-state index in [0.29, 0.717) is 0 Å². The van der Waals surface area contributed by atoms with E-state index in [1.165, 1.54) is 54.4 Å². The van der Waals surface area contributed by atoms with Crippen molar-refractivity contribution in [3.8, 4) is 0 Å². The monoisotopic (exact) mass is 365 g/mol. The van der Waals surface area contributed by atoms with Crippen molar-refractivity contribution in [1.29, 1.82) is 0 Å². The molecular weight excluding hydrogens is 342 g/mol. The Morgan fingerprint density at radius 2 is 1.76 bits per heavy atom. The van der Waals surface area contributed by atoms with Crippen LogP contribution in [-0.4, -0.2) is 13.1 Å². The van der Waals surface area contributed by atoms with Gasteiger partial charge in [0.2, 0.25) is 0 Å². The summed E-state index contributed by atoms with van der Waals surface area (Å²) in [5.74, 6) is 0. The van der Waals surface area contributed by atoms with E-state index in [4.69, 9.17) is 0 Å². The number of rotatable bonds is 9. The van der Waals surface area contributed by atoms with Gasteiger partial charge in [0.15, 0.2) is 0 Å². The molecule has 0 amide bonds. The fraction of sp³-hybridized carbons (Fsp3) is 0.444. The highest BCUT2D eigenvalue weighted by molar-refractivity contribution is 9.10. The van der Waals surface area contributed by atoms with Crippen LogP contribution in [0, 0.1) is 0 Å². The molecule has 0 spiro atoms. The van der Waals surface area contributed by atoms with E-state index >= 15 is 0 Å². The third kappa shape index (κ3) is 5.48. The maximum absolute atomic E-state index is 3.61. The van der Waals surface area contributed by atoms with Crippen LogP contribution in [0.1, 0.15) is 38.2 Å². The number of hydrogen-bond acceptors (Lipinski definition) is 2. The van der Waals surface area contributed by atoms with Crippen LogP contribution >= 0.6 is 27.3 Å². The minimum Gasteiger partial charge on any atom is -0.372 e. The molecule has 0 saturated carbocycles. The average molecular weight is 366 g/mol. The molecule has 21 heavy (non-hydrogen) atoms. The standard InChI is InChI=1S/C18H24BrNS/c1-2-20(17-11-7-5-8-12-17)13-9-4-3-6-10-16-14-21-15-18(16)19/h5,7-8,11-12,14-15H,2-4,6,9-10,13H2,1H3. The minimum absolute atomic E-state index is 1.09. The van der Waals surface area contributed by atoms with Crippen LogP contribution in [0.5, 0.6) is 0 Å². The molecule has 0 unspecified atom stereocenters. The molecule has 0 radical (unpaired) electrons. The maximum Gasteiger partial charge on any atom is 0.0366 e. The molecule has 1 aromatic carbocycles. The Labute approximate surface area is 141 Å². The molecule has 1 heterocycles. The first-order valence-corrected chi connectivity index (χ1v) is 9.55. The molecule has 1 aromatic heterocycles. The lowest BCUT2D eigenvalue weighted by molar-refractivity contribution is 0.628. The second-order valence-electron chi connectivity index (χ2n) is 5.32. The molecule has 3 heteroatoms. The molecular formula is C18H24BrNS. The summed E-state index contributed by atoms with van der Waals surface area (Å²) in [6, 6.07) is 10.7. The third-order valence-electron chi connectivity index (χ3n) is 3.82. The zero-order valence-electron chi connectivity index (χ0n) is 12.7. The Bertz CT molecular complexity index is 509. The summed E-state index contributed by atoms with van der Waals surface area (Å²) in [5.41, 5.74) is 2.82. The van der Waals surface area contributed by atoms with E-state index in [2.05, 4.69) is 68.8 Å². The first-order chi connectivity index (χ1) is 10.3. The summed E-state index contributed by atoms with van der Waals surface area (Å²) in [5, 5.41) is 4.44. The summed E-state index contributed by atoms with van der Waals surface area (Å²) < 4.78 is 1.29. The van der Waals surface area contributed by atoms with E-state index in [-0.39, 0.29) is 0 Å². The largest absolute Gasteiger partial charge is 0.372 e. The molecule has 0 saturated heterocycles. The first kappa shape index (κ1) is 16.6. The Morgan fingerprint density at radius 1 is 1.00 bits per heavy atom. The van der Waals surface area contributed by atoms with Gasteiger partial charge < -0.3 is 4.90 Å². The van der Waals surface area contributed by atoms with Crippen molar-refractivity contribution in [3.05, 3.63) is 51.1 Å². The van der Waals surface area contributed by atoms with Gasteiger partial charge in [-0.05, 0) is 65.2 Å². The van der Waals surface area contributed by atoms with Crippen LogP contribution in [0.3, 0.4) is 0 Å². The molecule has 0 fully saturated rings. The Kier molecular flexibility index (Phi) is 7.31. The second kappa shape index (κ2) is 9.26. The average Bonchev–Trinajstić information content (AvgIpc) is 2.93. The van der Waals surface area contributed by atoms with E-state index in [0.717, 1.165) is 6.54 Å². The van der Waals surface area contributed by atoms with Crippen molar-refractivity contribution >= 4 is 33.0 Å². The van der Waals surface area contributed by atoms with Crippen molar-refractivity contribution in [2.24, 2.45) is 0 Å². The van der Waals surface area contributed by atoms with Gasteiger partial charge >= 0.3 is 0 Å². The second-order valence-corrected chi connectivity index (χ2v) is 6.92. The van der Waals surface area contributed by atoms with E-state index in [9.17, 15) is 0 Å². The van der Waals surface area contributed by atoms with Gasteiger partial charge in [-0.3, -0.25) is 0 Å². The summed E-state index contributed by atoms with van der Waals surface area (Å²) in [7, 11) is 0. The lowest BCUT2D eigenvalue weighted by atomic mass is 10.1. The van der Waals surface area contributed by atoms with Gasteiger partial charge in [-0.25, -0.2) is 0 Å². The number of benzene rings is 1. The topological polar surface area (TPSA) is 3.24 Å². The predicted octanol–water partition coefficient (Wildman–Crippen LogP) is 6.14. The highest BCUT2D eigenvalue weighted by Crippen LogP contribution is 2.23. The number of nitrogens with zero attached hydrogens (tertiary/aromatic N) is 1. The lowest BCUT2D eigenvalue weighted by Gasteiger charge is -2.23. The smallest absolute Gasteiger partial charge is 0.0366 e. The van der Waals surface area contributed by atoms with Crippen LogP contribution in [0.25, 0.3) is 0 Å². The SMILES string of the molecule is CCN(CCCCCCc1cscc1Br)c1ccccc1. The van der Waals surface area contributed by atoms with Crippen LogP contribution < -0.4 is 4.90 Å². The number of halogens is 1. The molecule has 0 N–H and O–H groups in total. The maximum atomic E-state index is 3.61. The van der Waals surface area contributed by atoms with E-state index < -0.39 is 0 Å². The number of thiophene rings is 1. The highest BCUT2D eigenvalue weighted by Gasteiger charge is 2.03. The number of para-hydroxylation sites is 1. The fourth-order valence-corrected chi connectivity index (χ4v) is 4.10. The molecule has 0 aliphatic rings. The van der Waals surface area contributed by atoms with Crippen LogP contribution in [0.15, 0.2) is 45.6 Å². The number of anilines is 1. The number of hydrogen-bond donors (Lipinski definition) is 0. The van der Waals surface area contributed by atoms with Gasteiger partial charge in [0.25, 0.3) is 0 Å².